The van der Waals surface area contributed by atoms with E-state index in [0.717, 1.165) is 24.8 Å². The Morgan fingerprint density at radius 3 is 2.52 bits per heavy atom. The van der Waals surface area contributed by atoms with E-state index in [9.17, 15) is 4.79 Å². The van der Waals surface area contributed by atoms with Gasteiger partial charge in [0, 0.05) is 5.56 Å². The number of hydrogen-bond acceptors (Lipinski definition) is 3. The van der Waals surface area contributed by atoms with Gasteiger partial charge in [0.2, 0.25) is 9.04 Å². The van der Waals surface area contributed by atoms with Gasteiger partial charge in [-0.25, -0.2) is 0 Å². The summed E-state index contributed by atoms with van der Waals surface area (Å²) in [5.74, 6) is 0.762. The molecular formula is C25H29O3Si. The van der Waals surface area contributed by atoms with Gasteiger partial charge in [0.1, 0.15) is 18.5 Å². The minimum Gasteiger partial charge on any atom is -0.489 e. The van der Waals surface area contributed by atoms with E-state index in [2.05, 4.69) is 50.3 Å². The van der Waals surface area contributed by atoms with Gasteiger partial charge in [-0.1, -0.05) is 68.3 Å². The van der Waals surface area contributed by atoms with Gasteiger partial charge >= 0.3 is 0 Å². The van der Waals surface area contributed by atoms with Crippen LogP contribution in [0.25, 0.3) is 10.8 Å². The lowest BCUT2D eigenvalue weighted by atomic mass is 10.0. The van der Waals surface area contributed by atoms with Crippen LogP contribution in [0.5, 0.6) is 5.75 Å². The number of benzene rings is 3. The molecule has 0 aliphatic carbocycles. The SMILES string of the molecule is CCCCC(O[Si](C)C)C(=O)c1cccc(OCc2ccc3ccccc3c2)c1. The van der Waals surface area contributed by atoms with Gasteiger partial charge in [0.25, 0.3) is 0 Å². The standard InChI is InChI=1S/C25H29O3Si/c1-4-5-13-24(28-29(2)3)25(26)22-11-8-12-23(17-22)27-18-19-14-15-20-9-6-7-10-21(20)16-19/h6-12,14-17,24H,4-5,13,18H2,1-3H3. The first-order chi connectivity index (χ1) is 14.1. The highest BCUT2D eigenvalue weighted by Crippen LogP contribution is 2.21. The van der Waals surface area contributed by atoms with Crippen molar-refractivity contribution < 1.29 is 14.0 Å². The van der Waals surface area contributed by atoms with E-state index in [-0.39, 0.29) is 11.9 Å². The molecule has 1 radical (unpaired) electrons. The molecule has 1 atom stereocenters. The normalized spacial score (nSPS) is 12.3. The van der Waals surface area contributed by atoms with E-state index in [4.69, 9.17) is 9.16 Å². The molecule has 3 rings (SSSR count). The lowest BCUT2D eigenvalue weighted by molar-refractivity contribution is 0.0773. The predicted octanol–water partition coefficient (Wildman–Crippen LogP) is 6.43. The van der Waals surface area contributed by atoms with Gasteiger partial charge in [0.15, 0.2) is 5.78 Å². The first-order valence-electron chi connectivity index (χ1n) is 10.3. The minimum absolute atomic E-state index is 0.0563. The Balaban J connectivity index is 1.69. The van der Waals surface area contributed by atoms with E-state index in [0.29, 0.717) is 17.9 Å². The third-order valence-electron chi connectivity index (χ3n) is 4.83. The number of rotatable bonds is 10. The summed E-state index contributed by atoms with van der Waals surface area (Å²) in [4.78, 5) is 13.0. The molecule has 0 aliphatic heterocycles. The number of carbonyl (C=O) groups excluding carboxylic acids is 1. The van der Waals surface area contributed by atoms with Crippen molar-refractivity contribution in [1.82, 2.24) is 0 Å². The third kappa shape index (κ3) is 6.02. The highest BCUT2D eigenvalue weighted by atomic mass is 28.3. The zero-order valence-electron chi connectivity index (χ0n) is 17.5. The summed E-state index contributed by atoms with van der Waals surface area (Å²) in [5.41, 5.74) is 1.76. The minimum atomic E-state index is -0.941. The van der Waals surface area contributed by atoms with Crippen molar-refractivity contribution in [2.75, 3.05) is 0 Å². The zero-order valence-corrected chi connectivity index (χ0v) is 18.5. The van der Waals surface area contributed by atoms with Gasteiger partial charge in [0.05, 0.1) is 0 Å². The molecule has 3 nitrogen and oxygen atoms in total. The Labute approximate surface area is 175 Å². The van der Waals surface area contributed by atoms with Crippen molar-refractivity contribution in [1.29, 1.82) is 0 Å². The molecule has 3 aromatic carbocycles. The average Bonchev–Trinajstić information content (AvgIpc) is 2.74. The summed E-state index contributed by atoms with van der Waals surface area (Å²) in [5, 5.41) is 2.42. The average molecular weight is 406 g/mol. The molecule has 0 heterocycles. The van der Waals surface area contributed by atoms with Crippen molar-refractivity contribution in [3.05, 3.63) is 77.9 Å². The third-order valence-corrected chi connectivity index (χ3v) is 5.58. The summed E-state index contributed by atoms with van der Waals surface area (Å²) in [6.45, 7) is 6.74. The largest absolute Gasteiger partial charge is 0.489 e. The van der Waals surface area contributed by atoms with Crippen LogP contribution < -0.4 is 4.74 Å². The highest BCUT2D eigenvalue weighted by molar-refractivity contribution is 6.48. The second-order valence-electron chi connectivity index (χ2n) is 7.52. The van der Waals surface area contributed by atoms with Crippen LogP contribution in [0.4, 0.5) is 0 Å². The summed E-state index contributed by atoms with van der Waals surface area (Å²) < 4.78 is 12.0. The second kappa shape index (κ2) is 10.4. The maximum Gasteiger partial charge on any atom is 0.206 e. The Hall–Kier alpha value is -2.43. The van der Waals surface area contributed by atoms with E-state index < -0.39 is 9.04 Å². The summed E-state index contributed by atoms with van der Waals surface area (Å²) in [7, 11) is -0.941. The summed E-state index contributed by atoms with van der Waals surface area (Å²) in [6, 6.07) is 22.1. The summed E-state index contributed by atoms with van der Waals surface area (Å²) >= 11 is 0. The van der Waals surface area contributed by atoms with Crippen LogP contribution >= 0.6 is 0 Å². The monoisotopic (exact) mass is 405 g/mol. The lowest BCUT2D eigenvalue weighted by Crippen LogP contribution is -2.29. The van der Waals surface area contributed by atoms with E-state index in [1.807, 2.05) is 36.4 Å². The smallest absolute Gasteiger partial charge is 0.206 e. The summed E-state index contributed by atoms with van der Waals surface area (Å²) in [6.07, 6.45) is 2.46. The number of unbranched alkanes of at least 4 members (excludes halogenated alkanes) is 1. The Bertz CT molecular complexity index is 951. The van der Waals surface area contributed by atoms with Crippen LogP contribution in [0, 0.1) is 0 Å². The molecule has 0 bridgehead atoms. The van der Waals surface area contributed by atoms with E-state index in [1.54, 1.807) is 0 Å². The van der Waals surface area contributed by atoms with E-state index >= 15 is 0 Å². The van der Waals surface area contributed by atoms with Gasteiger partial charge < -0.3 is 9.16 Å². The van der Waals surface area contributed by atoms with Crippen molar-refractivity contribution in [3.8, 4) is 5.75 Å². The fourth-order valence-electron chi connectivity index (χ4n) is 3.34. The topological polar surface area (TPSA) is 35.5 Å². The molecule has 0 fully saturated rings. The molecular weight excluding hydrogens is 376 g/mol. The number of carbonyl (C=O) groups is 1. The fourth-order valence-corrected chi connectivity index (χ4v) is 4.13. The predicted molar refractivity (Wildman–Crippen MR) is 121 cm³/mol. The van der Waals surface area contributed by atoms with Crippen molar-refractivity contribution in [2.45, 2.75) is 52.0 Å². The highest BCUT2D eigenvalue weighted by Gasteiger charge is 2.22. The molecule has 3 aromatic rings. The molecule has 151 valence electrons. The molecule has 0 spiro atoms. The molecule has 29 heavy (non-hydrogen) atoms. The lowest BCUT2D eigenvalue weighted by Gasteiger charge is -2.19. The molecule has 0 N–H and O–H groups in total. The first-order valence-corrected chi connectivity index (χ1v) is 12.7. The van der Waals surface area contributed by atoms with Crippen molar-refractivity contribution in [3.63, 3.8) is 0 Å². The Morgan fingerprint density at radius 2 is 1.76 bits per heavy atom. The number of ether oxygens (including phenoxy) is 1. The number of hydrogen-bond donors (Lipinski definition) is 0. The maximum atomic E-state index is 13.0. The van der Waals surface area contributed by atoms with Crippen LogP contribution in [0.3, 0.4) is 0 Å². The van der Waals surface area contributed by atoms with Crippen molar-refractivity contribution in [2.24, 2.45) is 0 Å². The maximum absolute atomic E-state index is 13.0. The van der Waals surface area contributed by atoms with E-state index in [1.165, 1.54) is 10.8 Å². The fraction of sp³-hybridized carbons (Fsp3) is 0.320. The van der Waals surface area contributed by atoms with Crippen LogP contribution in [0.1, 0.15) is 42.1 Å². The van der Waals surface area contributed by atoms with Gasteiger partial charge in [-0.2, -0.15) is 0 Å². The van der Waals surface area contributed by atoms with Gasteiger partial charge in [-0.3, -0.25) is 4.79 Å². The Morgan fingerprint density at radius 1 is 0.966 bits per heavy atom. The number of Topliss-reactive ketones (excluding diaryl/α,β-unsaturated/α-hetero) is 1. The van der Waals surface area contributed by atoms with Crippen LogP contribution in [0.2, 0.25) is 13.1 Å². The number of fused-ring (bicyclic) bond motifs is 1. The van der Waals surface area contributed by atoms with Crippen LogP contribution in [-0.4, -0.2) is 20.9 Å². The van der Waals surface area contributed by atoms with Gasteiger partial charge in [-0.05, 0) is 54.0 Å². The molecule has 0 saturated heterocycles. The van der Waals surface area contributed by atoms with Crippen LogP contribution in [-0.2, 0) is 11.0 Å². The molecule has 0 amide bonds. The Kier molecular flexibility index (Phi) is 7.61. The molecule has 0 saturated carbocycles. The zero-order chi connectivity index (χ0) is 20.6. The second-order valence-corrected chi connectivity index (χ2v) is 9.57. The number of ketones is 1. The van der Waals surface area contributed by atoms with Crippen LogP contribution in [0.15, 0.2) is 66.7 Å². The quantitative estimate of drug-likeness (QED) is 0.288. The molecule has 0 aromatic heterocycles. The molecule has 0 aliphatic rings. The first kappa shape index (κ1) is 21.3. The molecule has 1 unspecified atom stereocenters. The van der Waals surface area contributed by atoms with Gasteiger partial charge in [-0.15, -0.1) is 0 Å². The molecule has 4 heteroatoms. The van der Waals surface area contributed by atoms with Crippen molar-refractivity contribution >= 4 is 25.6 Å².